The molecule has 1 saturated heterocycles. The zero-order valence-corrected chi connectivity index (χ0v) is 16.7. The van der Waals surface area contributed by atoms with E-state index in [1.165, 1.54) is 59.9 Å². The van der Waals surface area contributed by atoms with Gasteiger partial charge in [-0.1, -0.05) is 72.8 Å². The molecule has 0 radical (unpaired) electrons. The Morgan fingerprint density at radius 3 is 2.48 bits per heavy atom. The monoisotopic (exact) mass is 381 g/mol. The lowest BCUT2D eigenvalue weighted by Gasteiger charge is -2.31. The predicted octanol–water partition coefficient (Wildman–Crippen LogP) is 5.68. The maximum atomic E-state index is 4.69. The van der Waals surface area contributed by atoms with Crippen molar-refractivity contribution >= 4 is 10.8 Å². The van der Waals surface area contributed by atoms with E-state index in [1.807, 2.05) is 6.20 Å². The Kier molecular flexibility index (Phi) is 5.14. The molecule has 146 valence electrons. The van der Waals surface area contributed by atoms with Gasteiger partial charge < -0.3 is 4.98 Å². The fourth-order valence-corrected chi connectivity index (χ4v) is 4.55. The van der Waals surface area contributed by atoms with Crippen LogP contribution in [0.2, 0.25) is 0 Å². The molecular formula is C26H27N3. The molecule has 0 atom stereocenters. The molecule has 0 aliphatic carbocycles. The lowest BCUT2D eigenvalue weighted by atomic mass is 9.90. The van der Waals surface area contributed by atoms with E-state index >= 15 is 0 Å². The number of piperidine rings is 1. The van der Waals surface area contributed by atoms with Crippen LogP contribution in [-0.2, 0) is 13.0 Å². The molecule has 3 heteroatoms. The quantitative estimate of drug-likeness (QED) is 0.482. The summed E-state index contributed by atoms with van der Waals surface area (Å²) in [5.41, 5.74) is 3.85. The smallest absolute Gasteiger partial charge is 0.138 e. The van der Waals surface area contributed by atoms with Gasteiger partial charge in [-0.3, -0.25) is 4.90 Å². The summed E-state index contributed by atoms with van der Waals surface area (Å²) in [5, 5.41) is 2.50. The van der Waals surface area contributed by atoms with Crippen LogP contribution < -0.4 is 0 Å². The minimum atomic E-state index is 0.807. The Bertz CT molecular complexity index is 1070. The minimum absolute atomic E-state index is 0.807. The molecule has 0 unspecified atom stereocenters. The third-order valence-corrected chi connectivity index (χ3v) is 6.14. The van der Waals surface area contributed by atoms with Gasteiger partial charge in [-0.15, -0.1) is 0 Å². The van der Waals surface area contributed by atoms with Crippen LogP contribution in [0.15, 0.2) is 79.0 Å². The SMILES string of the molecule is c1ccc(CC2CCN(Cc3cnc(-c4cccc5ccccc45)[nH]3)CC2)cc1. The maximum Gasteiger partial charge on any atom is 0.138 e. The van der Waals surface area contributed by atoms with Gasteiger partial charge in [-0.05, 0) is 54.6 Å². The summed E-state index contributed by atoms with van der Waals surface area (Å²) >= 11 is 0. The molecule has 1 aliphatic rings. The van der Waals surface area contributed by atoms with Crippen LogP contribution in [0, 0.1) is 5.92 Å². The zero-order valence-electron chi connectivity index (χ0n) is 16.7. The average molecular weight is 382 g/mol. The lowest BCUT2D eigenvalue weighted by Crippen LogP contribution is -2.33. The van der Waals surface area contributed by atoms with Gasteiger partial charge in [0.2, 0.25) is 0 Å². The number of nitrogens with zero attached hydrogens (tertiary/aromatic N) is 2. The van der Waals surface area contributed by atoms with Crippen molar-refractivity contribution in [2.24, 2.45) is 5.92 Å². The van der Waals surface area contributed by atoms with Crippen molar-refractivity contribution in [3.05, 3.63) is 90.3 Å². The second kappa shape index (κ2) is 8.22. The molecule has 1 fully saturated rings. The third-order valence-electron chi connectivity index (χ3n) is 6.14. The highest BCUT2D eigenvalue weighted by atomic mass is 15.1. The van der Waals surface area contributed by atoms with E-state index in [0.29, 0.717) is 0 Å². The molecular weight excluding hydrogens is 354 g/mol. The first kappa shape index (κ1) is 18.1. The van der Waals surface area contributed by atoms with E-state index in [0.717, 1.165) is 18.3 Å². The third kappa shape index (κ3) is 4.10. The summed E-state index contributed by atoms with van der Waals surface area (Å²) in [6.07, 6.45) is 5.77. The van der Waals surface area contributed by atoms with Crippen LogP contribution in [0.3, 0.4) is 0 Å². The van der Waals surface area contributed by atoms with Crippen molar-refractivity contribution in [1.29, 1.82) is 0 Å². The molecule has 0 bridgehead atoms. The molecule has 1 aromatic heterocycles. The number of H-pyrrole nitrogens is 1. The second-order valence-electron chi connectivity index (χ2n) is 8.19. The van der Waals surface area contributed by atoms with Gasteiger partial charge in [-0.25, -0.2) is 4.98 Å². The van der Waals surface area contributed by atoms with Gasteiger partial charge in [0, 0.05) is 24.0 Å². The van der Waals surface area contributed by atoms with Gasteiger partial charge in [-0.2, -0.15) is 0 Å². The van der Waals surface area contributed by atoms with E-state index in [1.54, 1.807) is 0 Å². The first-order valence-corrected chi connectivity index (χ1v) is 10.6. The van der Waals surface area contributed by atoms with Crippen LogP contribution in [0.4, 0.5) is 0 Å². The lowest BCUT2D eigenvalue weighted by molar-refractivity contribution is 0.175. The van der Waals surface area contributed by atoms with Crippen LogP contribution in [0.25, 0.3) is 22.2 Å². The van der Waals surface area contributed by atoms with Crippen molar-refractivity contribution in [1.82, 2.24) is 14.9 Å². The maximum absolute atomic E-state index is 4.69. The summed E-state index contributed by atoms with van der Waals surface area (Å²) in [7, 11) is 0. The summed E-state index contributed by atoms with van der Waals surface area (Å²) < 4.78 is 0. The predicted molar refractivity (Wildman–Crippen MR) is 120 cm³/mol. The highest BCUT2D eigenvalue weighted by Gasteiger charge is 2.20. The molecule has 2 heterocycles. The Morgan fingerprint density at radius 2 is 1.62 bits per heavy atom. The summed E-state index contributed by atoms with van der Waals surface area (Å²) in [4.78, 5) is 10.8. The van der Waals surface area contributed by atoms with Gasteiger partial charge in [0.25, 0.3) is 0 Å². The first-order chi connectivity index (χ1) is 14.3. The van der Waals surface area contributed by atoms with Crippen molar-refractivity contribution in [3.8, 4) is 11.4 Å². The van der Waals surface area contributed by atoms with E-state index in [4.69, 9.17) is 4.98 Å². The van der Waals surface area contributed by atoms with Crippen molar-refractivity contribution in [2.75, 3.05) is 13.1 Å². The fraction of sp³-hybridized carbons (Fsp3) is 0.269. The van der Waals surface area contributed by atoms with Crippen LogP contribution in [0.1, 0.15) is 24.1 Å². The van der Waals surface area contributed by atoms with Crippen LogP contribution in [-0.4, -0.2) is 28.0 Å². The summed E-state index contributed by atoms with van der Waals surface area (Å²) in [6, 6.07) is 25.8. The molecule has 4 aromatic rings. The largest absolute Gasteiger partial charge is 0.341 e. The van der Waals surface area contributed by atoms with Crippen LogP contribution >= 0.6 is 0 Å². The van der Waals surface area contributed by atoms with Crippen molar-refractivity contribution < 1.29 is 0 Å². The van der Waals surface area contributed by atoms with Gasteiger partial charge in [0.1, 0.15) is 5.82 Å². The Hall–Kier alpha value is -2.91. The van der Waals surface area contributed by atoms with Gasteiger partial charge in [0.15, 0.2) is 0 Å². The standard InChI is InChI=1S/C26H27N3/c1-2-7-20(8-3-1)17-21-13-15-29(16-14-21)19-23-18-27-26(28-23)25-12-6-10-22-9-4-5-11-24(22)25/h1-12,18,21H,13-17,19H2,(H,27,28). The van der Waals surface area contributed by atoms with Crippen molar-refractivity contribution in [2.45, 2.75) is 25.8 Å². The van der Waals surface area contributed by atoms with Gasteiger partial charge in [0.05, 0.1) is 0 Å². The molecule has 3 aromatic carbocycles. The Morgan fingerprint density at radius 1 is 0.862 bits per heavy atom. The second-order valence-corrected chi connectivity index (χ2v) is 8.19. The average Bonchev–Trinajstić information content (AvgIpc) is 3.24. The molecule has 3 nitrogen and oxygen atoms in total. The number of fused-ring (bicyclic) bond motifs is 1. The van der Waals surface area contributed by atoms with E-state index in [-0.39, 0.29) is 0 Å². The number of likely N-dealkylation sites (tertiary alicyclic amines) is 1. The molecule has 5 rings (SSSR count). The highest BCUT2D eigenvalue weighted by Crippen LogP contribution is 2.27. The number of hydrogen-bond acceptors (Lipinski definition) is 2. The summed E-state index contributed by atoms with van der Waals surface area (Å²) in [6.45, 7) is 3.29. The molecule has 1 N–H and O–H groups in total. The molecule has 0 amide bonds. The fourth-order valence-electron chi connectivity index (χ4n) is 4.55. The van der Waals surface area contributed by atoms with E-state index < -0.39 is 0 Å². The topological polar surface area (TPSA) is 31.9 Å². The molecule has 1 aliphatic heterocycles. The van der Waals surface area contributed by atoms with Crippen molar-refractivity contribution in [3.63, 3.8) is 0 Å². The van der Waals surface area contributed by atoms with Gasteiger partial charge >= 0.3 is 0 Å². The number of benzene rings is 3. The Labute approximate surface area is 172 Å². The minimum Gasteiger partial charge on any atom is -0.341 e. The number of nitrogens with one attached hydrogen (secondary N) is 1. The first-order valence-electron chi connectivity index (χ1n) is 10.6. The normalized spacial score (nSPS) is 15.7. The van der Waals surface area contributed by atoms with E-state index in [2.05, 4.69) is 82.7 Å². The summed E-state index contributed by atoms with van der Waals surface area (Å²) in [5.74, 6) is 1.78. The number of rotatable bonds is 5. The number of aromatic nitrogens is 2. The zero-order chi connectivity index (χ0) is 19.5. The number of hydrogen-bond donors (Lipinski definition) is 1. The number of aromatic amines is 1. The molecule has 0 saturated carbocycles. The van der Waals surface area contributed by atoms with Crippen LogP contribution in [0.5, 0.6) is 0 Å². The number of imidazole rings is 1. The Balaban J connectivity index is 1.22. The molecule has 29 heavy (non-hydrogen) atoms. The van der Waals surface area contributed by atoms with E-state index in [9.17, 15) is 0 Å². The highest BCUT2D eigenvalue weighted by molar-refractivity contribution is 5.95. The molecule has 0 spiro atoms.